The van der Waals surface area contributed by atoms with Crippen molar-refractivity contribution in [3.05, 3.63) is 57.9 Å². The van der Waals surface area contributed by atoms with Crippen LogP contribution in [0.1, 0.15) is 24.8 Å². The maximum absolute atomic E-state index is 12.9. The van der Waals surface area contributed by atoms with Gasteiger partial charge in [-0.25, -0.2) is 0 Å². The van der Waals surface area contributed by atoms with Crippen molar-refractivity contribution >= 4 is 40.3 Å². The highest BCUT2D eigenvalue weighted by molar-refractivity contribution is 7.80. The van der Waals surface area contributed by atoms with E-state index >= 15 is 0 Å². The first-order valence-corrected chi connectivity index (χ1v) is 9.23. The molecule has 0 aliphatic carbocycles. The molecule has 1 atom stereocenters. The summed E-state index contributed by atoms with van der Waals surface area (Å²) in [6.07, 6.45) is 0. The normalized spacial score (nSPS) is 16.9. The Balaban J connectivity index is 1.83. The van der Waals surface area contributed by atoms with E-state index < -0.39 is 0 Å². The van der Waals surface area contributed by atoms with Crippen LogP contribution in [0.2, 0.25) is 0 Å². The molecule has 3 N–H and O–H groups in total. The molecule has 25 heavy (non-hydrogen) atoms. The van der Waals surface area contributed by atoms with Gasteiger partial charge < -0.3 is 20.7 Å². The fourth-order valence-corrected chi connectivity index (χ4v) is 3.72. The Kier molecular flexibility index (Phi) is 5.35. The molecule has 5 nitrogen and oxygen atoms in total. The summed E-state index contributed by atoms with van der Waals surface area (Å²) in [7, 11) is 0. The van der Waals surface area contributed by atoms with Gasteiger partial charge in [-0.15, -0.1) is 11.3 Å². The average Bonchev–Trinajstić information content (AvgIpc) is 3.10. The largest absolute Gasteiger partial charge is 0.494 e. The van der Waals surface area contributed by atoms with Gasteiger partial charge in [0.15, 0.2) is 5.11 Å². The van der Waals surface area contributed by atoms with E-state index in [1.165, 1.54) is 0 Å². The van der Waals surface area contributed by atoms with Crippen LogP contribution < -0.4 is 20.7 Å². The van der Waals surface area contributed by atoms with Crippen LogP contribution in [0.4, 0.5) is 5.69 Å². The molecular formula is C18H19N3O2S2. The molecule has 1 aliphatic rings. The summed E-state index contributed by atoms with van der Waals surface area (Å²) in [5, 5.41) is 11.7. The zero-order valence-electron chi connectivity index (χ0n) is 14.0. The van der Waals surface area contributed by atoms with Gasteiger partial charge in [-0.2, -0.15) is 0 Å². The molecule has 0 bridgehead atoms. The second-order valence-corrected chi connectivity index (χ2v) is 6.88. The first kappa shape index (κ1) is 17.4. The molecule has 0 fully saturated rings. The van der Waals surface area contributed by atoms with Gasteiger partial charge >= 0.3 is 0 Å². The summed E-state index contributed by atoms with van der Waals surface area (Å²) >= 11 is 6.83. The average molecular weight is 374 g/mol. The van der Waals surface area contributed by atoms with Gasteiger partial charge in [0.1, 0.15) is 5.75 Å². The van der Waals surface area contributed by atoms with E-state index in [9.17, 15) is 4.79 Å². The van der Waals surface area contributed by atoms with Crippen LogP contribution in [0.25, 0.3) is 0 Å². The van der Waals surface area contributed by atoms with Crippen molar-refractivity contribution in [3.8, 4) is 5.75 Å². The number of nitrogens with one attached hydrogen (secondary N) is 3. The summed E-state index contributed by atoms with van der Waals surface area (Å²) < 4.78 is 5.42. The van der Waals surface area contributed by atoms with Gasteiger partial charge in [0, 0.05) is 16.3 Å². The summed E-state index contributed by atoms with van der Waals surface area (Å²) in [4.78, 5) is 13.9. The van der Waals surface area contributed by atoms with Crippen LogP contribution in [-0.4, -0.2) is 17.6 Å². The Morgan fingerprint density at radius 2 is 2.08 bits per heavy atom. The van der Waals surface area contributed by atoms with Crippen molar-refractivity contribution in [1.82, 2.24) is 10.6 Å². The van der Waals surface area contributed by atoms with Crippen LogP contribution in [0.3, 0.4) is 0 Å². The van der Waals surface area contributed by atoms with Crippen molar-refractivity contribution < 1.29 is 9.53 Å². The highest BCUT2D eigenvalue weighted by Crippen LogP contribution is 2.30. The molecule has 0 unspecified atom stereocenters. The number of anilines is 1. The molecule has 1 aliphatic heterocycles. The van der Waals surface area contributed by atoms with Gasteiger partial charge in [-0.3, -0.25) is 4.79 Å². The molecule has 1 aromatic heterocycles. The molecule has 0 saturated carbocycles. The zero-order valence-corrected chi connectivity index (χ0v) is 15.6. The van der Waals surface area contributed by atoms with Crippen molar-refractivity contribution in [3.63, 3.8) is 0 Å². The van der Waals surface area contributed by atoms with E-state index in [4.69, 9.17) is 17.0 Å². The van der Waals surface area contributed by atoms with Gasteiger partial charge in [0.05, 0.1) is 18.2 Å². The molecule has 2 aromatic rings. The number of hydrogen-bond donors (Lipinski definition) is 3. The van der Waals surface area contributed by atoms with Crippen molar-refractivity contribution in [1.29, 1.82) is 0 Å². The Morgan fingerprint density at radius 3 is 2.72 bits per heavy atom. The lowest BCUT2D eigenvalue weighted by Crippen LogP contribution is -2.45. The smallest absolute Gasteiger partial charge is 0.255 e. The second kappa shape index (κ2) is 7.67. The van der Waals surface area contributed by atoms with Crippen LogP contribution in [0.15, 0.2) is 53.0 Å². The number of hydrogen-bond acceptors (Lipinski definition) is 4. The van der Waals surface area contributed by atoms with E-state index in [1.54, 1.807) is 11.3 Å². The third kappa shape index (κ3) is 4.00. The minimum absolute atomic E-state index is 0.164. The first-order valence-electron chi connectivity index (χ1n) is 7.94. The number of carbonyl (C=O) groups is 1. The molecular weight excluding hydrogens is 354 g/mol. The summed E-state index contributed by atoms with van der Waals surface area (Å²) in [6.45, 7) is 4.40. The lowest BCUT2D eigenvalue weighted by molar-refractivity contribution is -0.113. The Hall–Kier alpha value is -2.38. The highest BCUT2D eigenvalue weighted by Gasteiger charge is 2.30. The third-order valence-corrected chi connectivity index (χ3v) is 4.92. The fraction of sp³-hybridized carbons (Fsp3) is 0.222. The van der Waals surface area contributed by atoms with Crippen LogP contribution in [0, 0.1) is 0 Å². The molecule has 0 spiro atoms. The summed E-state index contributed by atoms with van der Waals surface area (Å²) in [6, 6.07) is 11.0. The minimum Gasteiger partial charge on any atom is -0.494 e. The summed E-state index contributed by atoms with van der Waals surface area (Å²) in [5.41, 5.74) is 2.10. The van der Waals surface area contributed by atoms with Gasteiger partial charge in [0.2, 0.25) is 0 Å². The molecule has 0 saturated heterocycles. The van der Waals surface area contributed by atoms with Crippen LogP contribution in [-0.2, 0) is 4.79 Å². The van der Waals surface area contributed by atoms with Crippen LogP contribution in [0.5, 0.6) is 5.75 Å². The SMILES string of the molecule is CCOc1ccc(NC(=O)C2=C(C)NC(=S)N[C@@H]2c2cccs2)cc1. The predicted octanol–water partition coefficient (Wildman–Crippen LogP) is 3.58. The standard InChI is InChI=1S/C18H19N3O2S2/c1-3-23-13-8-6-12(7-9-13)20-17(22)15-11(2)19-18(24)21-16(15)14-5-4-10-25-14/h4-10,16H,3H2,1-2H3,(H,20,22)(H2,19,21,24)/t16-/m1/s1. The number of thiophene rings is 1. The number of thiocarbonyl (C=S) groups is 1. The topological polar surface area (TPSA) is 62.4 Å². The van der Waals surface area contributed by atoms with Gasteiger partial charge in [-0.05, 0) is 61.8 Å². The fourth-order valence-electron chi connectivity index (χ4n) is 2.66. The highest BCUT2D eigenvalue weighted by atomic mass is 32.1. The molecule has 130 valence electrons. The minimum atomic E-state index is -0.253. The lowest BCUT2D eigenvalue weighted by Gasteiger charge is -2.29. The van der Waals surface area contributed by atoms with Crippen molar-refractivity contribution in [2.45, 2.75) is 19.9 Å². The van der Waals surface area contributed by atoms with Crippen LogP contribution >= 0.6 is 23.6 Å². The van der Waals surface area contributed by atoms with Crippen molar-refractivity contribution in [2.75, 3.05) is 11.9 Å². The van der Waals surface area contributed by atoms with Gasteiger partial charge in [0.25, 0.3) is 5.91 Å². The molecule has 3 rings (SSSR count). The number of carbonyl (C=O) groups excluding carboxylic acids is 1. The number of ether oxygens (including phenoxy) is 1. The number of rotatable bonds is 5. The lowest BCUT2D eigenvalue weighted by atomic mass is 10.0. The maximum atomic E-state index is 12.9. The molecule has 1 amide bonds. The zero-order chi connectivity index (χ0) is 17.8. The predicted molar refractivity (Wildman–Crippen MR) is 105 cm³/mol. The Morgan fingerprint density at radius 1 is 1.32 bits per heavy atom. The number of allylic oxidation sites excluding steroid dienone is 1. The maximum Gasteiger partial charge on any atom is 0.255 e. The monoisotopic (exact) mass is 373 g/mol. The quantitative estimate of drug-likeness (QED) is 0.700. The van der Waals surface area contributed by atoms with Crippen molar-refractivity contribution in [2.24, 2.45) is 0 Å². The molecule has 0 radical (unpaired) electrons. The van der Waals surface area contributed by atoms with E-state index in [1.807, 2.05) is 55.6 Å². The summed E-state index contributed by atoms with van der Waals surface area (Å²) in [5.74, 6) is 0.612. The first-order chi connectivity index (χ1) is 12.1. The van der Waals surface area contributed by atoms with Gasteiger partial charge in [-0.1, -0.05) is 6.07 Å². The molecule has 7 heteroatoms. The Bertz CT molecular complexity index is 798. The number of benzene rings is 1. The second-order valence-electron chi connectivity index (χ2n) is 5.50. The van der Waals surface area contributed by atoms with E-state index in [2.05, 4.69) is 16.0 Å². The third-order valence-electron chi connectivity index (χ3n) is 3.76. The van der Waals surface area contributed by atoms with E-state index in [-0.39, 0.29) is 11.9 Å². The van der Waals surface area contributed by atoms with E-state index in [0.717, 1.165) is 16.3 Å². The molecule has 2 heterocycles. The number of amides is 1. The molecule has 1 aromatic carbocycles. The Labute approximate surface area is 156 Å². The van der Waals surface area contributed by atoms with E-state index in [0.29, 0.717) is 23.0 Å².